The highest BCUT2D eigenvalue weighted by Crippen LogP contribution is 2.56. The molecule has 0 aromatic heterocycles. The molecule has 0 unspecified atom stereocenters. The molecule has 0 bridgehead atoms. The van der Waals surface area contributed by atoms with Crippen LogP contribution < -0.4 is 5.32 Å². The topological polar surface area (TPSA) is 65.4 Å². The molecular weight excluding hydrogens is 254 g/mol. The van der Waals surface area contributed by atoms with Crippen LogP contribution in [0.1, 0.15) is 39.0 Å². The molecule has 0 saturated heterocycles. The number of nitrogens with one attached hydrogen (secondary N) is 1. The Morgan fingerprint density at radius 3 is 2.80 bits per heavy atom. The van der Waals surface area contributed by atoms with Crippen molar-refractivity contribution in [3.63, 3.8) is 0 Å². The first-order chi connectivity index (χ1) is 9.64. The Morgan fingerprint density at radius 1 is 1.50 bits per heavy atom. The van der Waals surface area contributed by atoms with E-state index in [4.69, 9.17) is 10.00 Å². The van der Waals surface area contributed by atoms with Crippen LogP contribution in [-0.4, -0.2) is 49.7 Å². The summed E-state index contributed by atoms with van der Waals surface area (Å²) in [4.78, 5) is 13.9. The molecule has 0 aromatic carbocycles. The molecule has 2 fully saturated rings. The van der Waals surface area contributed by atoms with Crippen molar-refractivity contribution in [1.82, 2.24) is 10.2 Å². The number of amides is 1. The lowest BCUT2D eigenvalue weighted by Gasteiger charge is -2.57. The Balaban J connectivity index is 1.92. The summed E-state index contributed by atoms with van der Waals surface area (Å²) in [5.41, 5.74) is 0.264. The fourth-order valence-electron chi connectivity index (χ4n) is 4.00. The number of carbonyl (C=O) groups is 1. The van der Waals surface area contributed by atoms with Crippen molar-refractivity contribution in [3.8, 4) is 6.07 Å². The van der Waals surface area contributed by atoms with E-state index in [1.54, 1.807) is 0 Å². The van der Waals surface area contributed by atoms with Crippen LogP contribution in [0.3, 0.4) is 0 Å². The van der Waals surface area contributed by atoms with Crippen molar-refractivity contribution in [2.24, 2.45) is 5.41 Å². The first-order valence-electron chi connectivity index (χ1n) is 7.59. The third kappa shape index (κ3) is 2.82. The lowest BCUT2D eigenvalue weighted by atomic mass is 9.60. The third-order valence-corrected chi connectivity index (χ3v) is 4.93. The molecule has 0 aromatic rings. The second-order valence-corrected chi connectivity index (χ2v) is 5.99. The Labute approximate surface area is 121 Å². The largest absolute Gasteiger partial charge is 0.378 e. The van der Waals surface area contributed by atoms with Gasteiger partial charge in [-0.3, -0.25) is 9.69 Å². The van der Waals surface area contributed by atoms with Crippen molar-refractivity contribution in [1.29, 1.82) is 5.26 Å². The zero-order valence-electron chi connectivity index (χ0n) is 12.5. The fourth-order valence-corrected chi connectivity index (χ4v) is 4.00. The van der Waals surface area contributed by atoms with Gasteiger partial charge in [0.05, 0.1) is 18.7 Å². The van der Waals surface area contributed by atoms with Gasteiger partial charge in [0.25, 0.3) is 0 Å². The first-order valence-corrected chi connectivity index (χ1v) is 7.59. The van der Waals surface area contributed by atoms with E-state index in [1.165, 1.54) is 25.7 Å². The smallest absolute Gasteiger partial charge is 0.235 e. The van der Waals surface area contributed by atoms with Gasteiger partial charge in [-0.15, -0.1) is 0 Å². The molecule has 0 radical (unpaired) electrons. The van der Waals surface area contributed by atoms with Crippen LogP contribution in [0.5, 0.6) is 0 Å². The summed E-state index contributed by atoms with van der Waals surface area (Å²) in [5, 5.41) is 11.1. The summed E-state index contributed by atoms with van der Waals surface area (Å²) < 4.78 is 5.90. The number of hydrogen-bond acceptors (Lipinski definition) is 4. The van der Waals surface area contributed by atoms with Crippen molar-refractivity contribution < 1.29 is 9.53 Å². The lowest BCUT2D eigenvalue weighted by molar-refractivity contribution is -0.163. The summed E-state index contributed by atoms with van der Waals surface area (Å²) in [7, 11) is 2.01. The Kier molecular flexibility index (Phi) is 5.00. The summed E-state index contributed by atoms with van der Waals surface area (Å²) in [6.07, 6.45) is 6.36. The van der Waals surface area contributed by atoms with E-state index in [0.29, 0.717) is 18.7 Å². The highest BCUT2D eigenvalue weighted by molar-refractivity contribution is 5.78. The molecule has 0 aliphatic heterocycles. The summed E-state index contributed by atoms with van der Waals surface area (Å²) in [6.45, 7) is 3.28. The molecule has 1 spiro atoms. The van der Waals surface area contributed by atoms with Crippen LogP contribution >= 0.6 is 0 Å². The van der Waals surface area contributed by atoms with Gasteiger partial charge in [-0.1, -0.05) is 12.8 Å². The van der Waals surface area contributed by atoms with Crippen molar-refractivity contribution in [2.45, 2.75) is 51.2 Å². The Hall–Kier alpha value is -1.12. The van der Waals surface area contributed by atoms with Gasteiger partial charge in [0, 0.05) is 18.1 Å². The summed E-state index contributed by atoms with van der Waals surface area (Å²) in [5.74, 6) is -0.0675. The standard InChI is InChI=1S/C15H25N3O2/c1-3-20-13-10-12(15(13)6-4-5-7-15)18(2)11-14(19)17-9-8-16/h12-13H,3-7,9-11H2,1-2H3,(H,17,19)/t12-,13-/m0/s1. The average Bonchev–Trinajstić information content (AvgIpc) is 2.92. The number of nitrogens with zero attached hydrogens (tertiary/aromatic N) is 2. The number of nitriles is 1. The minimum Gasteiger partial charge on any atom is -0.378 e. The van der Waals surface area contributed by atoms with Gasteiger partial charge in [0.15, 0.2) is 0 Å². The molecule has 0 heterocycles. The lowest BCUT2D eigenvalue weighted by Crippen LogP contribution is -2.63. The van der Waals surface area contributed by atoms with Gasteiger partial charge >= 0.3 is 0 Å². The van der Waals surface area contributed by atoms with Gasteiger partial charge in [0.1, 0.15) is 6.54 Å². The average molecular weight is 279 g/mol. The van der Waals surface area contributed by atoms with Gasteiger partial charge in [0.2, 0.25) is 5.91 Å². The zero-order chi connectivity index (χ0) is 14.6. The van der Waals surface area contributed by atoms with Crippen molar-refractivity contribution >= 4 is 5.91 Å². The molecule has 2 aliphatic rings. The van der Waals surface area contributed by atoms with E-state index >= 15 is 0 Å². The van der Waals surface area contributed by atoms with E-state index in [0.717, 1.165) is 13.0 Å². The quantitative estimate of drug-likeness (QED) is 0.744. The molecule has 1 amide bonds. The number of ether oxygens (including phenoxy) is 1. The first kappa shape index (κ1) is 15.3. The number of hydrogen-bond donors (Lipinski definition) is 1. The Morgan fingerprint density at radius 2 is 2.20 bits per heavy atom. The SMILES string of the molecule is CCO[C@H]1C[C@H](N(C)CC(=O)NCC#N)C12CCCC2. The van der Waals surface area contributed by atoms with Crippen LogP contribution in [0, 0.1) is 16.7 Å². The molecule has 20 heavy (non-hydrogen) atoms. The molecule has 112 valence electrons. The highest BCUT2D eigenvalue weighted by atomic mass is 16.5. The minimum absolute atomic E-state index is 0.0675. The monoisotopic (exact) mass is 279 g/mol. The summed E-state index contributed by atoms with van der Waals surface area (Å²) in [6, 6.07) is 2.37. The highest BCUT2D eigenvalue weighted by Gasteiger charge is 2.57. The molecule has 2 atom stereocenters. The van der Waals surface area contributed by atoms with Gasteiger partial charge < -0.3 is 10.1 Å². The Bertz CT molecular complexity index is 385. The second kappa shape index (κ2) is 6.55. The number of rotatable bonds is 6. The molecule has 2 rings (SSSR count). The number of likely N-dealkylation sites (N-methyl/N-ethyl adjacent to an activating group) is 1. The molecule has 5 nitrogen and oxygen atoms in total. The van der Waals surface area contributed by atoms with Crippen LogP contribution in [0.4, 0.5) is 0 Å². The van der Waals surface area contributed by atoms with Crippen molar-refractivity contribution in [3.05, 3.63) is 0 Å². The fraction of sp³-hybridized carbons (Fsp3) is 0.867. The van der Waals surface area contributed by atoms with E-state index in [2.05, 4.69) is 17.1 Å². The van der Waals surface area contributed by atoms with Crippen molar-refractivity contribution in [2.75, 3.05) is 26.7 Å². The van der Waals surface area contributed by atoms with E-state index in [1.807, 2.05) is 13.1 Å². The zero-order valence-corrected chi connectivity index (χ0v) is 12.5. The van der Waals surface area contributed by atoms with Gasteiger partial charge in [-0.25, -0.2) is 0 Å². The normalized spacial score (nSPS) is 27.3. The maximum Gasteiger partial charge on any atom is 0.235 e. The maximum absolute atomic E-state index is 11.7. The minimum atomic E-state index is -0.0675. The maximum atomic E-state index is 11.7. The molecule has 2 saturated carbocycles. The molecule has 5 heteroatoms. The van der Waals surface area contributed by atoms with Crippen LogP contribution in [0.25, 0.3) is 0 Å². The van der Waals surface area contributed by atoms with Gasteiger partial charge in [-0.2, -0.15) is 5.26 Å². The third-order valence-electron chi connectivity index (χ3n) is 4.93. The predicted molar refractivity (Wildman–Crippen MR) is 76.0 cm³/mol. The predicted octanol–water partition coefficient (Wildman–Crippen LogP) is 1.30. The van der Waals surface area contributed by atoms with Crippen LogP contribution in [-0.2, 0) is 9.53 Å². The van der Waals surface area contributed by atoms with E-state index in [-0.39, 0.29) is 17.9 Å². The summed E-state index contributed by atoms with van der Waals surface area (Å²) >= 11 is 0. The van der Waals surface area contributed by atoms with Gasteiger partial charge in [-0.05, 0) is 33.2 Å². The van der Waals surface area contributed by atoms with E-state index in [9.17, 15) is 4.79 Å². The molecular formula is C15H25N3O2. The van der Waals surface area contributed by atoms with Crippen LogP contribution in [0.15, 0.2) is 0 Å². The molecule has 1 N–H and O–H groups in total. The van der Waals surface area contributed by atoms with E-state index < -0.39 is 0 Å². The van der Waals surface area contributed by atoms with Crippen LogP contribution in [0.2, 0.25) is 0 Å². The second-order valence-electron chi connectivity index (χ2n) is 5.99. The molecule has 2 aliphatic carbocycles. The number of carbonyl (C=O) groups excluding carboxylic acids is 1.